The van der Waals surface area contributed by atoms with E-state index in [1.54, 1.807) is 14.1 Å². The molecule has 0 heterocycles. The number of carbonyl (C=O) groups is 3. The van der Waals surface area contributed by atoms with Gasteiger partial charge in [-0.2, -0.15) is 0 Å². The summed E-state index contributed by atoms with van der Waals surface area (Å²) >= 11 is 0. The van der Waals surface area contributed by atoms with E-state index in [1.807, 2.05) is 79.8 Å². The van der Waals surface area contributed by atoms with Gasteiger partial charge in [0.1, 0.15) is 24.4 Å². The molecule has 0 saturated carbocycles. The van der Waals surface area contributed by atoms with Crippen LogP contribution in [0.1, 0.15) is 43.9 Å². The Morgan fingerprint density at radius 1 is 0.736 bits per heavy atom. The van der Waals surface area contributed by atoms with Crippen molar-refractivity contribution in [3.05, 3.63) is 89.5 Å². The zero-order valence-corrected chi connectivity index (χ0v) is 34.1. The van der Waals surface area contributed by atoms with Crippen LogP contribution in [-0.2, 0) is 47.7 Å². The van der Waals surface area contributed by atoms with Crippen molar-refractivity contribution in [2.24, 2.45) is 0 Å². The molecule has 11 nitrogen and oxygen atoms in total. The van der Waals surface area contributed by atoms with Crippen LogP contribution in [0, 0.1) is 0 Å². The number of likely N-dealkylation sites (N-methyl/N-ethyl adjacent to an activating group) is 3. The van der Waals surface area contributed by atoms with Crippen molar-refractivity contribution in [1.29, 1.82) is 0 Å². The number of nitrogens with one attached hydrogen (secondary N) is 4. The molecule has 3 rings (SSSR count). The quantitative estimate of drug-likeness (QED) is 0.0922. The number of amides is 1. The lowest BCUT2D eigenvalue weighted by atomic mass is 9.96. The van der Waals surface area contributed by atoms with E-state index in [4.69, 9.17) is 18.6 Å². The molecule has 0 radical (unpaired) electrons. The average molecular weight is 749 g/mol. The lowest BCUT2D eigenvalue weighted by Crippen LogP contribution is -2.53. The molecule has 1 amide bonds. The van der Waals surface area contributed by atoms with E-state index in [-0.39, 0.29) is 29.4 Å². The highest BCUT2D eigenvalue weighted by atomic mass is 28.4. The Bertz CT molecular complexity index is 1630. The van der Waals surface area contributed by atoms with Gasteiger partial charge in [0.05, 0.1) is 26.4 Å². The zero-order valence-electron chi connectivity index (χ0n) is 33.1. The van der Waals surface area contributed by atoms with Crippen LogP contribution in [0.2, 0.25) is 18.1 Å². The standard InChI is InChI=1S/C41H60N4O7Si/c1-41(2,3)53(9,10)52-33(26-42-4)25-34(43-5)38(46)45-36(40(48)50-8)22-29-17-14-18-30(21-29)31-19-20-37(51-27-28-15-12-11-13-16-28)32(23-31)24-35(44-6)39(47)49-7/h11-21,23,33-36,42-44H,22,24-27H2,1-10H3,(H,45,46)/t33-,34+,35+,36+/m1/s1. The Balaban J connectivity index is 1.85. The molecular formula is C41H60N4O7Si. The molecule has 0 unspecified atom stereocenters. The van der Waals surface area contributed by atoms with Crippen molar-refractivity contribution in [2.75, 3.05) is 41.9 Å². The van der Waals surface area contributed by atoms with E-state index in [1.165, 1.54) is 14.2 Å². The summed E-state index contributed by atoms with van der Waals surface area (Å²) < 4.78 is 23.1. The first-order valence-electron chi connectivity index (χ1n) is 18.2. The Morgan fingerprint density at radius 3 is 1.96 bits per heavy atom. The average Bonchev–Trinajstić information content (AvgIpc) is 3.14. The molecule has 0 saturated heterocycles. The molecule has 0 spiro atoms. The van der Waals surface area contributed by atoms with E-state index in [2.05, 4.69) is 55.1 Å². The molecule has 53 heavy (non-hydrogen) atoms. The van der Waals surface area contributed by atoms with E-state index in [0.29, 0.717) is 31.7 Å². The summed E-state index contributed by atoms with van der Waals surface area (Å²) in [5.41, 5.74) is 4.50. The topological polar surface area (TPSA) is 136 Å². The maximum atomic E-state index is 13.7. The number of rotatable bonds is 20. The summed E-state index contributed by atoms with van der Waals surface area (Å²) in [5.74, 6) is -0.548. The molecule has 4 atom stereocenters. The van der Waals surface area contributed by atoms with Crippen LogP contribution in [0.25, 0.3) is 11.1 Å². The minimum atomic E-state index is -2.11. The summed E-state index contributed by atoms with van der Waals surface area (Å²) in [4.78, 5) is 39.3. The predicted molar refractivity (Wildman–Crippen MR) is 212 cm³/mol. The van der Waals surface area contributed by atoms with Gasteiger partial charge in [-0.15, -0.1) is 0 Å². The summed E-state index contributed by atoms with van der Waals surface area (Å²) in [6.07, 6.45) is 0.795. The van der Waals surface area contributed by atoms with Crippen LogP contribution in [0.15, 0.2) is 72.8 Å². The lowest BCUT2D eigenvalue weighted by molar-refractivity contribution is -0.145. The van der Waals surface area contributed by atoms with Crippen molar-refractivity contribution in [3.63, 3.8) is 0 Å². The fourth-order valence-corrected chi connectivity index (χ4v) is 7.16. The Morgan fingerprint density at radius 2 is 1.36 bits per heavy atom. The molecule has 0 bridgehead atoms. The van der Waals surface area contributed by atoms with Crippen LogP contribution >= 0.6 is 0 Å². The Labute approximate surface area is 317 Å². The van der Waals surface area contributed by atoms with Gasteiger partial charge < -0.3 is 39.9 Å². The van der Waals surface area contributed by atoms with Crippen molar-refractivity contribution in [2.45, 2.75) is 89.0 Å². The summed E-state index contributed by atoms with van der Waals surface area (Å²) in [5, 5.41) is 12.3. The van der Waals surface area contributed by atoms with Crippen LogP contribution in [0.5, 0.6) is 5.75 Å². The highest BCUT2D eigenvalue weighted by Crippen LogP contribution is 2.37. The minimum absolute atomic E-state index is 0.0128. The maximum Gasteiger partial charge on any atom is 0.328 e. The first kappa shape index (κ1) is 43.3. The number of benzene rings is 3. The largest absolute Gasteiger partial charge is 0.489 e. The molecule has 12 heteroatoms. The third-order valence-corrected chi connectivity index (χ3v) is 14.5. The summed E-state index contributed by atoms with van der Waals surface area (Å²) in [7, 11) is 5.91. The van der Waals surface area contributed by atoms with Crippen molar-refractivity contribution in [1.82, 2.24) is 21.3 Å². The van der Waals surface area contributed by atoms with Gasteiger partial charge in [0.2, 0.25) is 5.91 Å². The van der Waals surface area contributed by atoms with Gasteiger partial charge in [-0.25, -0.2) is 4.79 Å². The van der Waals surface area contributed by atoms with Crippen LogP contribution in [-0.4, -0.2) is 92.3 Å². The normalized spacial score (nSPS) is 14.1. The van der Waals surface area contributed by atoms with E-state index < -0.39 is 32.4 Å². The molecular weight excluding hydrogens is 689 g/mol. The van der Waals surface area contributed by atoms with Gasteiger partial charge in [0.25, 0.3) is 0 Å². The molecule has 3 aromatic rings. The van der Waals surface area contributed by atoms with Gasteiger partial charge in [0.15, 0.2) is 8.32 Å². The van der Waals surface area contributed by atoms with Crippen LogP contribution in [0.4, 0.5) is 0 Å². The minimum Gasteiger partial charge on any atom is -0.489 e. The molecule has 0 aliphatic rings. The third kappa shape index (κ3) is 12.8. The smallest absolute Gasteiger partial charge is 0.328 e. The number of carbonyl (C=O) groups excluding carboxylic acids is 3. The molecule has 0 aliphatic heterocycles. The fraction of sp³-hybridized carbons (Fsp3) is 0.488. The second-order valence-corrected chi connectivity index (χ2v) is 19.5. The fourth-order valence-electron chi connectivity index (χ4n) is 5.79. The maximum absolute atomic E-state index is 13.7. The van der Waals surface area contributed by atoms with E-state index in [9.17, 15) is 14.4 Å². The number of esters is 2. The number of ether oxygens (including phenoxy) is 3. The Hall–Kier alpha value is -4.07. The van der Waals surface area contributed by atoms with Gasteiger partial charge in [-0.05, 0) is 85.6 Å². The van der Waals surface area contributed by atoms with E-state index >= 15 is 0 Å². The first-order valence-corrected chi connectivity index (χ1v) is 21.1. The Kier molecular flexibility index (Phi) is 16.7. The number of hydrogen-bond donors (Lipinski definition) is 4. The van der Waals surface area contributed by atoms with E-state index in [0.717, 1.165) is 27.8 Å². The highest BCUT2D eigenvalue weighted by Gasteiger charge is 2.40. The summed E-state index contributed by atoms with van der Waals surface area (Å²) in [6, 6.07) is 21.5. The van der Waals surface area contributed by atoms with Crippen LogP contribution in [0.3, 0.4) is 0 Å². The van der Waals surface area contributed by atoms with Gasteiger partial charge in [-0.3, -0.25) is 9.59 Å². The van der Waals surface area contributed by atoms with Crippen LogP contribution < -0.4 is 26.0 Å². The number of methoxy groups -OCH3 is 2. The lowest BCUT2D eigenvalue weighted by Gasteiger charge is -2.40. The third-order valence-electron chi connectivity index (χ3n) is 9.92. The van der Waals surface area contributed by atoms with Gasteiger partial charge >= 0.3 is 11.9 Å². The van der Waals surface area contributed by atoms with Gasteiger partial charge in [-0.1, -0.05) is 81.4 Å². The molecule has 0 aromatic heterocycles. The summed E-state index contributed by atoms with van der Waals surface area (Å²) in [6.45, 7) is 11.9. The van der Waals surface area contributed by atoms with Crippen molar-refractivity contribution < 1.29 is 33.0 Å². The second kappa shape index (κ2) is 20.4. The van der Waals surface area contributed by atoms with Crippen molar-refractivity contribution >= 4 is 26.2 Å². The molecule has 4 N–H and O–H groups in total. The highest BCUT2D eigenvalue weighted by molar-refractivity contribution is 6.74. The predicted octanol–water partition coefficient (Wildman–Crippen LogP) is 5.02. The SMILES string of the molecule is CNC[C@@H](C[C@H](NC)C(=O)N[C@@H](Cc1cccc(-c2ccc(OCc3ccccc3)c(C[C@H](NC)C(=O)OC)c2)c1)C(=O)OC)O[Si](C)(C)C(C)(C)C. The molecule has 290 valence electrons. The number of hydrogen-bond acceptors (Lipinski definition) is 10. The monoisotopic (exact) mass is 748 g/mol. The second-order valence-electron chi connectivity index (χ2n) is 14.8. The van der Waals surface area contributed by atoms with Crippen molar-refractivity contribution in [3.8, 4) is 16.9 Å². The zero-order chi connectivity index (χ0) is 39.2. The molecule has 3 aromatic carbocycles. The van der Waals surface area contributed by atoms with Gasteiger partial charge in [0, 0.05) is 19.4 Å². The molecule has 0 fully saturated rings. The molecule has 0 aliphatic carbocycles. The first-order chi connectivity index (χ1) is 25.2.